The highest BCUT2D eigenvalue weighted by Crippen LogP contribution is 2.69. The fourth-order valence-electron chi connectivity index (χ4n) is 7.52. The Kier molecular flexibility index (Phi) is 7.39. The number of esters is 1. The molecule has 2 aliphatic heterocycles. The van der Waals surface area contributed by atoms with Gasteiger partial charge in [-0.25, -0.2) is 4.79 Å². The fourth-order valence-corrected chi connectivity index (χ4v) is 7.52. The number of aromatic hydroxyl groups is 2. The molecular formula is C35H38N2O8. The molecule has 2 bridgehead atoms. The number of nitrogens with one attached hydrogen (secondary N) is 2. The van der Waals surface area contributed by atoms with Crippen molar-refractivity contribution in [3.8, 4) is 17.2 Å². The molecule has 10 nitrogen and oxygen atoms in total. The van der Waals surface area contributed by atoms with Gasteiger partial charge in [-0.05, 0) is 64.8 Å². The Bertz CT molecular complexity index is 1680. The second kappa shape index (κ2) is 10.9. The van der Waals surface area contributed by atoms with Crippen LogP contribution in [0.4, 0.5) is 5.69 Å². The number of carbonyl (C=O) groups is 3. The number of phenols is 2. The normalized spacial score (nSPS) is 29.0. The second-order valence-corrected chi connectivity index (χ2v) is 12.9. The third-order valence-electron chi connectivity index (χ3n) is 9.81. The Hall–Kier alpha value is -4.44. The lowest BCUT2D eigenvalue weighted by molar-refractivity contribution is -0.125. The molecule has 1 spiro atoms. The molecule has 4 aliphatic rings. The lowest BCUT2D eigenvalue weighted by Gasteiger charge is -2.52. The Morgan fingerprint density at radius 1 is 1.09 bits per heavy atom. The zero-order valence-electron chi connectivity index (χ0n) is 26.0. The molecule has 236 valence electrons. The molecule has 1 saturated heterocycles. The molecule has 2 aromatic carbocycles. The van der Waals surface area contributed by atoms with Crippen molar-refractivity contribution >= 4 is 28.9 Å². The van der Waals surface area contributed by atoms with Crippen molar-refractivity contribution in [2.45, 2.75) is 51.7 Å². The summed E-state index contributed by atoms with van der Waals surface area (Å²) in [6.45, 7) is 7.55. The number of rotatable bonds is 8. The SMILES string of the molecule is CNc1ccc(C(=O)OCC2C3C(=O)[C@@H]3C3(CC=C(C)C)OCC2C32Oc3c(CC=C(C)C)c(O)cc(O)c3C(=O)C2=N)cc1. The number of carbonyl (C=O) groups excluding carboxylic acids is 3. The van der Waals surface area contributed by atoms with E-state index in [9.17, 15) is 30.0 Å². The number of ketones is 2. The largest absolute Gasteiger partial charge is 0.507 e. The summed E-state index contributed by atoms with van der Waals surface area (Å²) in [7, 11) is 1.78. The van der Waals surface area contributed by atoms with Gasteiger partial charge in [0.2, 0.25) is 5.78 Å². The van der Waals surface area contributed by atoms with E-state index in [1.54, 1.807) is 31.3 Å². The van der Waals surface area contributed by atoms with Gasteiger partial charge in [-0.15, -0.1) is 0 Å². The summed E-state index contributed by atoms with van der Waals surface area (Å²) < 4.78 is 19.2. The van der Waals surface area contributed by atoms with Crippen LogP contribution in [0.3, 0.4) is 0 Å². The van der Waals surface area contributed by atoms with Gasteiger partial charge in [0.15, 0.2) is 5.60 Å². The highest BCUT2D eigenvalue weighted by molar-refractivity contribution is 6.50. The minimum absolute atomic E-state index is 0.0185. The predicted molar refractivity (Wildman–Crippen MR) is 166 cm³/mol. The van der Waals surface area contributed by atoms with Crippen LogP contribution in [-0.2, 0) is 20.7 Å². The van der Waals surface area contributed by atoms with Crippen LogP contribution < -0.4 is 10.1 Å². The monoisotopic (exact) mass is 614 g/mol. The van der Waals surface area contributed by atoms with E-state index in [1.807, 2.05) is 39.8 Å². The van der Waals surface area contributed by atoms with E-state index in [-0.39, 0.29) is 48.9 Å². The smallest absolute Gasteiger partial charge is 0.338 e. The topological polar surface area (TPSA) is 155 Å². The number of ether oxygens (including phenoxy) is 3. The molecule has 0 radical (unpaired) electrons. The maximum Gasteiger partial charge on any atom is 0.338 e. The molecule has 6 rings (SSSR count). The van der Waals surface area contributed by atoms with Crippen molar-refractivity contribution < 1.29 is 38.8 Å². The molecule has 6 atom stereocenters. The number of hydrogen-bond acceptors (Lipinski definition) is 10. The first-order chi connectivity index (χ1) is 21.4. The first-order valence-corrected chi connectivity index (χ1v) is 15.2. The van der Waals surface area contributed by atoms with Crippen LogP contribution >= 0.6 is 0 Å². The van der Waals surface area contributed by atoms with Crippen molar-refractivity contribution in [2.24, 2.45) is 23.7 Å². The van der Waals surface area contributed by atoms with Crippen molar-refractivity contribution in [3.63, 3.8) is 0 Å². The van der Waals surface area contributed by atoms with Crippen LogP contribution in [0.1, 0.15) is 60.4 Å². The summed E-state index contributed by atoms with van der Waals surface area (Å²) in [5.41, 5.74) is -0.331. The van der Waals surface area contributed by atoms with Crippen LogP contribution in [0.25, 0.3) is 0 Å². The zero-order valence-corrected chi connectivity index (χ0v) is 26.0. The molecule has 2 aromatic rings. The lowest BCUT2D eigenvalue weighted by atomic mass is 9.58. The van der Waals surface area contributed by atoms with Crippen LogP contribution in [0, 0.1) is 29.1 Å². The zero-order chi connectivity index (χ0) is 32.4. The molecular weight excluding hydrogens is 576 g/mol. The summed E-state index contributed by atoms with van der Waals surface area (Å²) >= 11 is 0. The average Bonchev–Trinajstić information content (AvgIpc) is 3.61. The molecule has 10 heteroatoms. The highest BCUT2D eigenvalue weighted by atomic mass is 16.6. The van der Waals surface area contributed by atoms with E-state index in [0.717, 1.165) is 22.9 Å². The first-order valence-electron chi connectivity index (χ1n) is 15.2. The van der Waals surface area contributed by atoms with E-state index >= 15 is 0 Å². The molecule has 0 amide bonds. The third-order valence-corrected chi connectivity index (χ3v) is 9.81. The van der Waals surface area contributed by atoms with Crippen molar-refractivity contribution in [2.75, 3.05) is 25.6 Å². The van der Waals surface area contributed by atoms with E-state index in [0.29, 0.717) is 11.1 Å². The Morgan fingerprint density at radius 2 is 1.78 bits per heavy atom. The van der Waals surface area contributed by atoms with Gasteiger partial charge in [0.05, 0.1) is 24.7 Å². The fraction of sp³-hybridized carbons (Fsp3) is 0.429. The number of Topliss-reactive ketones (excluding diaryl/α,β-unsaturated/α-hetero) is 2. The lowest BCUT2D eigenvalue weighted by Crippen LogP contribution is -2.71. The Labute approximate surface area is 261 Å². The number of hydrogen-bond donors (Lipinski definition) is 4. The maximum absolute atomic E-state index is 14.1. The Morgan fingerprint density at radius 3 is 2.42 bits per heavy atom. The number of anilines is 1. The average molecular weight is 615 g/mol. The summed E-state index contributed by atoms with van der Waals surface area (Å²) in [6.07, 6.45) is 4.20. The van der Waals surface area contributed by atoms with Gasteiger partial charge in [-0.3, -0.25) is 15.0 Å². The molecule has 5 unspecified atom stereocenters. The molecule has 3 fully saturated rings. The number of fused-ring (bicyclic) bond motifs is 3. The maximum atomic E-state index is 14.1. The van der Waals surface area contributed by atoms with Gasteiger partial charge in [-0.2, -0.15) is 0 Å². The van der Waals surface area contributed by atoms with Gasteiger partial charge in [0.25, 0.3) is 0 Å². The van der Waals surface area contributed by atoms with E-state index in [2.05, 4.69) is 5.32 Å². The van der Waals surface area contributed by atoms with Gasteiger partial charge < -0.3 is 29.7 Å². The summed E-state index contributed by atoms with van der Waals surface area (Å²) in [5.74, 6) is -4.66. The van der Waals surface area contributed by atoms with E-state index < -0.39 is 58.1 Å². The molecule has 0 aromatic heterocycles. The van der Waals surface area contributed by atoms with Crippen molar-refractivity contribution in [1.82, 2.24) is 0 Å². The standard InChI is InChI=1S/C35H38N2O8/c1-17(2)6-11-21-24(38)14-25(39)27-30(41)32(36)35(45-31(21)27)23-16-44-34(35,13-12-18(3)4)28-26(29(28)40)22(23)15-43-33(42)19-7-9-20(37-5)10-8-19/h6-10,12,14,22-23,26,28,36-39H,11,13,15-16H2,1-5H3/t22?,23?,26?,28-,34?,35?/m1/s1. The van der Waals surface area contributed by atoms with E-state index in [1.165, 1.54) is 0 Å². The molecule has 2 heterocycles. The highest BCUT2D eigenvalue weighted by Gasteiger charge is 2.84. The van der Waals surface area contributed by atoms with Crippen LogP contribution in [-0.4, -0.2) is 64.9 Å². The van der Waals surface area contributed by atoms with Gasteiger partial charge in [0, 0.05) is 42.1 Å². The number of allylic oxidation sites excluding steroid dienone is 3. The quantitative estimate of drug-likeness (QED) is 0.237. The van der Waals surface area contributed by atoms with Gasteiger partial charge in [0.1, 0.15) is 39.9 Å². The first kappa shape index (κ1) is 30.6. The molecule has 4 N–H and O–H groups in total. The van der Waals surface area contributed by atoms with Gasteiger partial charge in [-0.1, -0.05) is 23.3 Å². The predicted octanol–water partition coefficient (Wildman–Crippen LogP) is 5.03. The third kappa shape index (κ3) is 4.48. The van der Waals surface area contributed by atoms with Crippen LogP contribution in [0.5, 0.6) is 17.2 Å². The summed E-state index contributed by atoms with van der Waals surface area (Å²) in [5, 5.41) is 34.1. The number of phenolic OH excluding ortho intramolecular Hbond substituents is 2. The van der Waals surface area contributed by atoms with Crippen LogP contribution in [0.15, 0.2) is 53.6 Å². The van der Waals surface area contributed by atoms with Crippen LogP contribution in [0.2, 0.25) is 0 Å². The van der Waals surface area contributed by atoms with Crippen molar-refractivity contribution in [3.05, 3.63) is 70.3 Å². The minimum Gasteiger partial charge on any atom is -0.507 e. The summed E-state index contributed by atoms with van der Waals surface area (Å²) in [4.78, 5) is 40.8. The molecule has 2 aliphatic carbocycles. The second-order valence-electron chi connectivity index (χ2n) is 12.9. The molecule has 2 saturated carbocycles. The summed E-state index contributed by atoms with van der Waals surface area (Å²) in [6, 6.07) is 7.90. The Balaban J connectivity index is 1.45. The van der Waals surface area contributed by atoms with E-state index in [4.69, 9.17) is 14.2 Å². The van der Waals surface area contributed by atoms with Crippen molar-refractivity contribution in [1.29, 1.82) is 5.41 Å². The van der Waals surface area contributed by atoms with Gasteiger partial charge >= 0.3 is 5.97 Å². The molecule has 45 heavy (non-hydrogen) atoms. The number of benzene rings is 2. The minimum atomic E-state index is -1.73.